The highest BCUT2D eigenvalue weighted by molar-refractivity contribution is 4.86. The van der Waals surface area contributed by atoms with E-state index >= 15 is 0 Å². The standard InChI is InChI=1S/C5H7/c1-2-5-3-4-5/h1-2,5H,3-4H2. The van der Waals surface area contributed by atoms with E-state index in [9.17, 15) is 0 Å². The summed E-state index contributed by atoms with van der Waals surface area (Å²) < 4.78 is 0. The lowest BCUT2D eigenvalue weighted by molar-refractivity contribution is 1.13. The third kappa shape index (κ3) is 0.504. The van der Waals surface area contributed by atoms with E-state index in [-0.39, 0.29) is 0 Å². The summed E-state index contributed by atoms with van der Waals surface area (Å²) in [6.45, 7) is 5.11. The number of allylic oxidation sites excluding steroid dienone is 1. The van der Waals surface area contributed by atoms with Crippen LogP contribution in [0.25, 0.3) is 0 Å². The van der Waals surface area contributed by atoms with Crippen LogP contribution >= 0.6 is 0 Å². The molecule has 0 saturated heterocycles. The maximum Gasteiger partial charge on any atom is -0.0230 e. The minimum atomic E-state index is 0.787. The summed E-state index contributed by atoms with van der Waals surface area (Å²) >= 11 is 0. The quantitative estimate of drug-likeness (QED) is 0.434. The normalized spacial score (nSPS) is 22.4. The Labute approximate surface area is 32.5 Å². The molecule has 0 aromatic rings. The fourth-order valence-corrected chi connectivity index (χ4v) is 0.289. The van der Waals surface area contributed by atoms with E-state index in [1.807, 2.05) is 0 Å². The molecule has 1 aliphatic carbocycles. The van der Waals surface area contributed by atoms with Crippen LogP contribution in [0.1, 0.15) is 12.8 Å². The molecule has 0 spiro atoms. The highest BCUT2D eigenvalue weighted by atomic mass is 14.2. The van der Waals surface area contributed by atoms with Crippen LogP contribution in [0.3, 0.4) is 0 Å². The lowest BCUT2D eigenvalue weighted by Crippen LogP contribution is -1.50. The monoisotopic (exact) mass is 67.1 g/mol. The number of hydrogen-bond acceptors (Lipinski definition) is 0. The van der Waals surface area contributed by atoms with Gasteiger partial charge in [-0.05, 0) is 18.8 Å². The number of rotatable bonds is 1. The fraction of sp³-hybridized carbons (Fsp3) is 0.600. The predicted molar refractivity (Wildman–Crippen MR) is 21.6 cm³/mol. The zero-order valence-corrected chi connectivity index (χ0v) is 3.15. The van der Waals surface area contributed by atoms with Gasteiger partial charge in [0.05, 0.1) is 0 Å². The molecule has 1 rings (SSSR count). The summed E-state index contributed by atoms with van der Waals surface area (Å²) in [6.07, 6.45) is 4.44. The van der Waals surface area contributed by atoms with Crippen LogP contribution in [-0.4, -0.2) is 0 Å². The smallest absolute Gasteiger partial charge is 0.0230 e. The zero-order chi connectivity index (χ0) is 3.70. The minimum absolute atomic E-state index is 0.787. The van der Waals surface area contributed by atoms with Gasteiger partial charge in [0.25, 0.3) is 0 Å². The Morgan fingerprint density at radius 2 is 2.20 bits per heavy atom. The predicted octanol–water partition coefficient (Wildman–Crippen LogP) is 1.39. The first-order valence-electron chi connectivity index (χ1n) is 1.98. The zero-order valence-electron chi connectivity index (χ0n) is 3.15. The van der Waals surface area contributed by atoms with Crippen LogP contribution in [-0.2, 0) is 0 Å². The molecule has 0 heteroatoms. The van der Waals surface area contributed by atoms with Crippen molar-refractivity contribution >= 4 is 0 Å². The molecule has 0 amide bonds. The third-order valence-electron chi connectivity index (χ3n) is 0.894. The van der Waals surface area contributed by atoms with Crippen LogP contribution in [0.2, 0.25) is 0 Å². The molecule has 0 nitrogen and oxygen atoms in total. The molecule has 0 N–H and O–H groups in total. The molecule has 5 heavy (non-hydrogen) atoms. The molecule has 27 valence electrons. The SMILES string of the molecule is [CH]=CC1CC1. The van der Waals surface area contributed by atoms with Crippen molar-refractivity contribution in [2.75, 3.05) is 0 Å². The fourth-order valence-electron chi connectivity index (χ4n) is 0.289. The van der Waals surface area contributed by atoms with Gasteiger partial charge in [-0.3, -0.25) is 0 Å². The summed E-state index contributed by atoms with van der Waals surface area (Å²) in [7, 11) is 0. The van der Waals surface area contributed by atoms with E-state index in [1.54, 1.807) is 6.08 Å². The largest absolute Gasteiger partial charge is 0.0814 e. The Balaban J connectivity index is 2.21. The van der Waals surface area contributed by atoms with Crippen molar-refractivity contribution in [1.29, 1.82) is 0 Å². The van der Waals surface area contributed by atoms with Crippen molar-refractivity contribution in [3.05, 3.63) is 12.7 Å². The molecule has 0 aliphatic heterocycles. The average molecular weight is 67.1 g/mol. The van der Waals surface area contributed by atoms with E-state index in [4.69, 9.17) is 6.58 Å². The Bertz CT molecular complexity index is 42.0. The second-order valence-corrected chi connectivity index (χ2v) is 1.53. The Morgan fingerprint density at radius 1 is 1.60 bits per heavy atom. The van der Waals surface area contributed by atoms with Crippen LogP contribution in [0, 0.1) is 12.5 Å². The van der Waals surface area contributed by atoms with Gasteiger partial charge in [0.2, 0.25) is 0 Å². The number of hydrogen-bond donors (Lipinski definition) is 0. The molecule has 1 aliphatic rings. The van der Waals surface area contributed by atoms with Gasteiger partial charge in [-0.25, -0.2) is 0 Å². The summed E-state index contributed by atoms with van der Waals surface area (Å²) in [4.78, 5) is 0. The van der Waals surface area contributed by atoms with Crippen LogP contribution in [0.4, 0.5) is 0 Å². The van der Waals surface area contributed by atoms with Gasteiger partial charge in [0.15, 0.2) is 0 Å². The molecular formula is C5H7. The first-order valence-corrected chi connectivity index (χ1v) is 1.98. The van der Waals surface area contributed by atoms with E-state index in [2.05, 4.69) is 0 Å². The molecule has 0 aromatic carbocycles. The Morgan fingerprint density at radius 3 is 2.20 bits per heavy atom. The second kappa shape index (κ2) is 0.852. The van der Waals surface area contributed by atoms with Gasteiger partial charge in [-0.1, -0.05) is 12.7 Å². The van der Waals surface area contributed by atoms with Crippen LogP contribution < -0.4 is 0 Å². The summed E-state index contributed by atoms with van der Waals surface area (Å²) in [5.74, 6) is 0.787. The van der Waals surface area contributed by atoms with Gasteiger partial charge in [0.1, 0.15) is 0 Å². The summed E-state index contributed by atoms with van der Waals surface area (Å²) in [5, 5.41) is 0. The molecule has 1 saturated carbocycles. The third-order valence-corrected chi connectivity index (χ3v) is 0.894. The molecule has 1 fully saturated rings. The van der Waals surface area contributed by atoms with E-state index < -0.39 is 0 Å². The summed E-state index contributed by atoms with van der Waals surface area (Å²) in [6, 6.07) is 0. The molecule has 0 unspecified atom stereocenters. The lowest BCUT2D eigenvalue weighted by atomic mass is 10.4. The van der Waals surface area contributed by atoms with Crippen molar-refractivity contribution in [1.82, 2.24) is 0 Å². The second-order valence-electron chi connectivity index (χ2n) is 1.53. The van der Waals surface area contributed by atoms with Gasteiger partial charge in [-0.2, -0.15) is 0 Å². The van der Waals surface area contributed by atoms with E-state index in [1.165, 1.54) is 12.8 Å². The first-order chi connectivity index (χ1) is 2.43. The highest BCUT2D eigenvalue weighted by Crippen LogP contribution is 2.28. The van der Waals surface area contributed by atoms with Crippen molar-refractivity contribution < 1.29 is 0 Å². The van der Waals surface area contributed by atoms with Crippen LogP contribution in [0.15, 0.2) is 6.08 Å². The maximum absolute atomic E-state index is 5.11. The van der Waals surface area contributed by atoms with Crippen molar-refractivity contribution in [2.45, 2.75) is 12.8 Å². The van der Waals surface area contributed by atoms with Gasteiger partial charge < -0.3 is 0 Å². The molecule has 1 radical (unpaired) electrons. The molecular weight excluding hydrogens is 60.1 g/mol. The molecule has 0 heterocycles. The van der Waals surface area contributed by atoms with Gasteiger partial charge >= 0.3 is 0 Å². The minimum Gasteiger partial charge on any atom is -0.0814 e. The Hall–Kier alpha value is -0.260. The van der Waals surface area contributed by atoms with Crippen LogP contribution in [0.5, 0.6) is 0 Å². The van der Waals surface area contributed by atoms with E-state index in [0.29, 0.717) is 0 Å². The first kappa shape index (κ1) is 2.95. The lowest BCUT2D eigenvalue weighted by Gasteiger charge is -1.62. The van der Waals surface area contributed by atoms with Crippen molar-refractivity contribution in [3.8, 4) is 0 Å². The van der Waals surface area contributed by atoms with Crippen molar-refractivity contribution in [2.24, 2.45) is 5.92 Å². The van der Waals surface area contributed by atoms with Gasteiger partial charge in [-0.15, -0.1) is 0 Å². The molecule has 0 atom stereocenters. The van der Waals surface area contributed by atoms with Gasteiger partial charge in [0, 0.05) is 0 Å². The molecule has 0 aromatic heterocycles. The summed E-state index contributed by atoms with van der Waals surface area (Å²) in [5.41, 5.74) is 0. The Kier molecular flexibility index (Phi) is 0.503. The average Bonchev–Trinajstić information content (AvgIpc) is 2.12. The van der Waals surface area contributed by atoms with E-state index in [0.717, 1.165) is 5.92 Å². The topological polar surface area (TPSA) is 0 Å². The highest BCUT2D eigenvalue weighted by Gasteiger charge is 2.15. The molecule has 0 bridgehead atoms. The van der Waals surface area contributed by atoms with Crippen molar-refractivity contribution in [3.63, 3.8) is 0 Å². The maximum atomic E-state index is 5.11.